The molecule has 0 fully saturated rings. The number of para-hydroxylation sites is 1. The Morgan fingerprint density at radius 3 is 2.69 bits per heavy atom. The second kappa shape index (κ2) is 8.44. The summed E-state index contributed by atoms with van der Waals surface area (Å²) in [5.41, 5.74) is 1.36. The molecule has 0 aliphatic heterocycles. The van der Waals surface area contributed by atoms with Gasteiger partial charge in [-0.1, -0.05) is 18.2 Å². The van der Waals surface area contributed by atoms with Gasteiger partial charge in [0.2, 0.25) is 5.91 Å². The first-order valence-corrected chi connectivity index (χ1v) is 8.99. The van der Waals surface area contributed by atoms with Gasteiger partial charge < -0.3 is 9.15 Å². The highest BCUT2D eigenvalue weighted by Crippen LogP contribution is 2.28. The fourth-order valence-corrected chi connectivity index (χ4v) is 3.25. The summed E-state index contributed by atoms with van der Waals surface area (Å²) in [7, 11) is 0. The lowest BCUT2D eigenvalue weighted by atomic mass is 10.2. The molecule has 0 aliphatic rings. The van der Waals surface area contributed by atoms with Crippen molar-refractivity contribution in [2.75, 3.05) is 4.90 Å². The van der Waals surface area contributed by atoms with Crippen molar-refractivity contribution in [3.8, 4) is 0 Å². The van der Waals surface area contributed by atoms with Crippen LogP contribution in [0.3, 0.4) is 0 Å². The molecule has 0 bridgehead atoms. The lowest BCUT2D eigenvalue weighted by molar-refractivity contribution is -0.145. The van der Waals surface area contributed by atoms with E-state index in [-0.39, 0.29) is 24.9 Å². The molecule has 7 heteroatoms. The number of aryl methyl sites for hydroxylation is 1. The fourth-order valence-electron chi connectivity index (χ4n) is 2.38. The quantitative estimate of drug-likeness (QED) is 0.586. The van der Waals surface area contributed by atoms with Crippen molar-refractivity contribution in [1.29, 1.82) is 0 Å². The van der Waals surface area contributed by atoms with Crippen LogP contribution >= 0.6 is 11.3 Å². The van der Waals surface area contributed by atoms with Crippen LogP contribution in [0.4, 0.5) is 10.8 Å². The van der Waals surface area contributed by atoms with E-state index >= 15 is 0 Å². The number of anilines is 2. The number of carbonyl (C=O) groups is 2. The zero-order chi connectivity index (χ0) is 18.4. The van der Waals surface area contributed by atoms with E-state index in [1.807, 2.05) is 36.4 Å². The molecule has 1 amide bonds. The first-order valence-electron chi connectivity index (χ1n) is 8.11. The van der Waals surface area contributed by atoms with Crippen LogP contribution in [0.25, 0.3) is 0 Å². The van der Waals surface area contributed by atoms with Crippen LogP contribution in [0.1, 0.15) is 24.8 Å². The molecule has 0 saturated carbocycles. The summed E-state index contributed by atoms with van der Waals surface area (Å²) in [5, 5.41) is 2.33. The third-order valence-electron chi connectivity index (χ3n) is 3.60. The molecular formula is C19H18N2O4S. The third-order valence-corrected chi connectivity index (χ3v) is 4.47. The summed E-state index contributed by atoms with van der Waals surface area (Å²) in [6, 6.07) is 12.9. The second-order valence-electron chi connectivity index (χ2n) is 5.55. The molecule has 134 valence electrons. The molecule has 3 rings (SSSR count). The highest BCUT2D eigenvalue weighted by Gasteiger charge is 2.18. The summed E-state index contributed by atoms with van der Waals surface area (Å²) in [4.78, 5) is 29.8. The molecule has 0 radical (unpaired) electrons. The maximum Gasteiger partial charge on any atom is 0.306 e. The Kier molecular flexibility index (Phi) is 5.80. The van der Waals surface area contributed by atoms with Gasteiger partial charge in [0, 0.05) is 18.7 Å². The Balaban J connectivity index is 1.58. The molecule has 3 aromatic rings. The molecule has 6 nitrogen and oxygen atoms in total. The van der Waals surface area contributed by atoms with E-state index in [9.17, 15) is 9.59 Å². The number of esters is 1. The molecule has 26 heavy (non-hydrogen) atoms. The minimum absolute atomic E-state index is 0.0774. The summed E-state index contributed by atoms with van der Waals surface area (Å²) in [5.74, 6) is 0.299. The fraction of sp³-hybridized carbons (Fsp3) is 0.211. The lowest BCUT2D eigenvalue weighted by Crippen LogP contribution is -2.22. The van der Waals surface area contributed by atoms with E-state index in [0.29, 0.717) is 17.2 Å². The summed E-state index contributed by atoms with van der Waals surface area (Å²) < 4.78 is 10.4. The van der Waals surface area contributed by atoms with Gasteiger partial charge in [0.1, 0.15) is 12.4 Å². The van der Waals surface area contributed by atoms with Crippen molar-refractivity contribution in [1.82, 2.24) is 4.98 Å². The zero-order valence-corrected chi connectivity index (χ0v) is 15.1. The van der Waals surface area contributed by atoms with Crippen LogP contribution in [-0.2, 0) is 27.4 Å². The van der Waals surface area contributed by atoms with Gasteiger partial charge in [-0.05, 0) is 24.3 Å². The number of nitrogens with zero attached hydrogens (tertiary/aromatic N) is 2. The lowest BCUT2D eigenvalue weighted by Gasteiger charge is -2.17. The standard InChI is InChI=1S/C19H18N2O4S/c1-14(22)21(16-6-3-2-4-7-16)19-20-15(13-26-19)12-25-18(23)10-9-17-8-5-11-24-17/h2-8,11,13H,9-10,12H2,1H3. The average molecular weight is 370 g/mol. The number of benzene rings is 1. The number of hydrogen-bond acceptors (Lipinski definition) is 6. The molecule has 0 saturated heterocycles. The SMILES string of the molecule is CC(=O)N(c1ccccc1)c1nc(COC(=O)CCc2ccco2)cs1. The largest absolute Gasteiger partial charge is 0.469 e. The van der Waals surface area contributed by atoms with Gasteiger partial charge in [-0.3, -0.25) is 14.5 Å². The molecule has 0 aliphatic carbocycles. The van der Waals surface area contributed by atoms with Gasteiger partial charge in [-0.15, -0.1) is 11.3 Å². The predicted octanol–water partition coefficient (Wildman–Crippen LogP) is 4.10. The highest BCUT2D eigenvalue weighted by atomic mass is 32.1. The number of aromatic nitrogens is 1. The van der Waals surface area contributed by atoms with Crippen LogP contribution in [0.5, 0.6) is 0 Å². The normalized spacial score (nSPS) is 10.5. The topological polar surface area (TPSA) is 72.6 Å². The van der Waals surface area contributed by atoms with Gasteiger partial charge in [0.25, 0.3) is 0 Å². The van der Waals surface area contributed by atoms with Crippen molar-refractivity contribution in [3.05, 3.63) is 65.6 Å². The number of furan rings is 1. The van der Waals surface area contributed by atoms with Crippen LogP contribution in [0.2, 0.25) is 0 Å². The summed E-state index contributed by atoms with van der Waals surface area (Å²) in [6.07, 6.45) is 2.32. The molecule has 1 aromatic carbocycles. The molecule has 0 spiro atoms. The van der Waals surface area contributed by atoms with E-state index in [1.54, 1.807) is 17.7 Å². The third kappa shape index (κ3) is 4.58. The van der Waals surface area contributed by atoms with Gasteiger partial charge in [-0.2, -0.15) is 0 Å². The van der Waals surface area contributed by atoms with Gasteiger partial charge in [0.15, 0.2) is 5.13 Å². The van der Waals surface area contributed by atoms with Gasteiger partial charge in [0.05, 0.1) is 24.1 Å². The van der Waals surface area contributed by atoms with E-state index in [1.165, 1.54) is 23.2 Å². The van der Waals surface area contributed by atoms with Gasteiger partial charge >= 0.3 is 5.97 Å². The van der Waals surface area contributed by atoms with Crippen LogP contribution in [0, 0.1) is 0 Å². The Morgan fingerprint density at radius 2 is 2.00 bits per heavy atom. The Hall–Kier alpha value is -2.93. The molecule has 0 atom stereocenters. The summed E-state index contributed by atoms with van der Waals surface area (Å²) >= 11 is 1.33. The number of ether oxygens (including phenoxy) is 1. The Labute approximate surface area is 155 Å². The highest BCUT2D eigenvalue weighted by molar-refractivity contribution is 7.14. The average Bonchev–Trinajstić information content (AvgIpc) is 3.31. The van der Waals surface area contributed by atoms with Crippen molar-refractivity contribution >= 4 is 34.0 Å². The molecule has 0 N–H and O–H groups in total. The summed E-state index contributed by atoms with van der Waals surface area (Å²) in [6.45, 7) is 1.57. The van der Waals surface area contributed by atoms with Crippen LogP contribution in [-0.4, -0.2) is 16.9 Å². The smallest absolute Gasteiger partial charge is 0.306 e. The maximum absolute atomic E-state index is 12.0. The Morgan fingerprint density at radius 1 is 1.19 bits per heavy atom. The minimum atomic E-state index is -0.317. The van der Waals surface area contributed by atoms with Gasteiger partial charge in [-0.25, -0.2) is 4.98 Å². The van der Waals surface area contributed by atoms with Crippen LogP contribution in [0.15, 0.2) is 58.5 Å². The number of amides is 1. The molecule has 2 heterocycles. The van der Waals surface area contributed by atoms with E-state index in [4.69, 9.17) is 9.15 Å². The zero-order valence-electron chi connectivity index (χ0n) is 14.3. The number of rotatable bonds is 7. The number of hydrogen-bond donors (Lipinski definition) is 0. The molecular weight excluding hydrogens is 352 g/mol. The number of thiazole rings is 1. The molecule has 0 unspecified atom stereocenters. The van der Waals surface area contributed by atoms with Crippen LogP contribution < -0.4 is 4.90 Å². The van der Waals surface area contributed by atoms with Crippen molar-refractivity contribution in [3.63, 3.8) is 0 Å². The molecule has 2 aromatic heterocycles. The minimum Gasteiger partial charge on any atom is -0.469 e. The first-order chi connectivity index (χ1) is 12.6. The van der Waals surface area contributed by atoms with E-state index < -0.39 is 0 Å². The monoisotopic (exact) mass is 370 g/mol. The predicted molar refractivity (Wildman–Crippen MR) is 98.2 cm³/mol. The van der Waals surface area contributed by atoms with Crippen molar-refractivity contribution < 1.29 is 18.7 Å². The van der Waals surface area contributed by atoms with E-state index in [2.05, 4.69) is 4.98 Å². The Bertz CT molecular complexity index is 859. The van der Waals surface area contributed by atoms with Crippen molar-refractivity contribution in [2.24, 2.45) is 0 Å². The van der Waals surface area contributed by atoms with Crippen molar-refractivity contribution in [2.45, 2.75) is 26.4 Å². The van der Waals surface area contributed by atoms with E-state index in [0.717, 1.165) is 11.4 Å². The second-order valence-corrected chi connectivity index (χ2v) is 6.39. The maximum atomic E-state index is 12.0. The first kappa shape index (κ1) is 17.9. The number of carbonyl (C=O) groups excluding carboxylic acids is 2.